The Morgan fingerprint density at radius 1 is 1.38 bits per heavy atom. The lowest BCUT2D eigenvalue weighted by molar-refractivity contribution is 0.0696. The first-order valence-corrected chi connectivity index (χ1v) is 9.17. The van der Waals surface area contributed by atoms with Gasteiger partial charge in [-0.15, -0.1) is 0 Å². The highest BCUT2D eigenvalue weighted by Gasteiger charge is 2.29. The highest BCUT2D eigenvalue weighted by atomic mass is 79.9. The molecule has 2 rings (SSSR count). The van der Waals surface area contributed by atoms with Crippen LogP contribution in [0.5, 0.6) is 0 Å². The average molecular weight is 375 g/mol. The smallest absolute Gasteiger partial charge is 0.254 e. The van der Waals surface area contributed by atoms with Crippen molar-refractivity contribution in [2.75, 3.05) is 6.54 Å². The van der Waals surface area contributed by atoms with E-state index in [4.69, 9.17) is 5.14 Å². The second-order valence-electron chi connectivity index (χ2n) is 5.72. The molecule has 0 bridgehead atoms. The lowest BCUT2D eigenvalue weighted by Crippen LogP contribution is -2.38. The number of benzene rings is 1. The molecule has 0 unspecified atom stereocenters. The molecule has 0 saturated heterocycles. The van der Waals surface area contributed by atoms with Gasteiger partial charge in [0.05, 0.1) is 4.90 Å². The fraction of sp³-hybridized carbons (Fsp3) is 0.500. The van der Waals surface area contributed by atoms with E-state index >= 15 is 0 Å². The molecule has 1 aromatic rings. The topological polar surface area (TPSA) is 80.5 Å². The number of nitrogens with zero attached hydrogens (tertiary/aromatic N) is 1. The predicted molar refractivity (Wildman–Crippen MR) is 84.4 cm³/mol. The molecule has 0 aromatic heterocycles. The Morgan fingerprint density at radius 2 is 2.00 bits per heavy atom. The zero-order valence-electron chi connectivity index (χ0n) is 12.0. The van der Waals surface area contributed by atoms with Crippen LogP contribution >= 0.6 is 15.9 Å². The standard InChI is InChI=1S/C14H19BrN2O3S/c1-9(2)17(8-10-3-4-10)14(18)11-5-12(15)7-13(6-11)21(16,19)20/h5-7,9-10H,3-4,8H2,1-2H3,(H2,16,19,20). The maximum atomic E-state index is 12.7. The molecule has 1 aliphatic rings. The minimum Gasteiger partial charge on any atom is -0.336 e. The highest BCUT2D eigenvalue weighted by molar-refractivity contribution is 9.10. The van der Waals surface area contributed by atoms with Crippen molar-refractivity contribution in [2.45, 2.75) is 37.6 Å². The molecule has 0 atom stereocenters. The Kier molecular flexibility index (Phi) is 4.75. The third kappa shape index (κ3) is 4.28. The third-order valence-corrected chi connectivity index (χ3v) is 4.83. The Morgan fingerprint density at radius 3 is 2.48 bits per heavy atom. The molecule has 0 aliphatic heterocycles. The highest BCUT2D eigenvalue weighted by Crippen LogP contribution is 2.31. The predicted octanol–water partition coefficient (Wildman–Crippen LogP) is 2.36. The summed E-state index contributed by atoms with van der Waals surface area (Å²) in [5.74, 6) is 0.407. The summed E-state index contributed by atoms with van der Waals surface area (Å²) in [5, 5.41) is 5.15. The van der Waals surface area contributed by atoms with Crippen molar-refractivity contribution in [1.82, 2.24) is 4.90 Å². The van der Waals surface area contributed by atoms with Crippen molar-refractivity contribution in [1.29, 1.82) is 0 Å². The molecule has 1 amide bonds. The van der Waals surface area contributed by atoms with Crippen LogP contribution in [-0.4, -0.2) is 31.8 Å². The van der Waals surface area contributed by atoms with Gasteiger partial charge in [-0.2, -0.15) is 0 Å². The number of carbonyl (C=O) groups is 1. The number of hydrogen-bond acceptors (Lipinski definition) is 3. The van der Waals surface area contributed by atoms with Gasteiger partial charge >= 0.3 is 0 Å². The van der Waals surface area contributed by atoms with Crippen LogP contribution in [0.15, 0.2) is 27.6 Å². The van der Waals surface area contributed by atoms with Gasteiger partial charge in [-0.3, -0.25) is 4.79 Å². The fourth-order valence-electron chi connectivity index (χ4n) is 2.12. The van der Waals surface area contributed by atoms with Crippen LogP contribution in [0.4, 0.5) is 0 Å². The number of sulfonamides is 1. The maximum absolute atomic E-state index is 12.7. The average Bonchev–Trinajstić information content (AvgIpc) is 3.17. The maximum Gasteiger partial charge on any atom is 0.254 e. The summed E-state index contributed by atoms with van der Waals surface area (Å²) in [7, 11) is -3.84. The molecule has 0 heterocycles. The zero-order chi connectivity index (χ0) is 15.8. The van der Waals surface area contributed by atoms with Gasteiger partial charge in [-0.1, -0.05) is 15.9 Å². The molecular weight excluding hydrogens is 356 g/mol. The summed E-state index contributed by atoms with van der Waals surface area (Å²) in [6.45, 7) is 4.63. The van der Waals surface area contributed by atoms with Gasteiger partial charge in [0.25, 0.3) is 5.91 Å². The molecule has 2 N–H and O–H groups in total. The summed E-state index contributed by atoms with van der Waals surface area (Å²) in [5.41, 5.74) is 0.336. The lowest BCUT2D eigenvalue weighted by atomic mass is 10.1. The Balaban J connectivity index is 2.34. The Hall–Kier alpha value is -0.920. The molecule has 116 valence electrons. The Bertz CT molecular complexity index is 654. The van der Waals surface area contributed by atoms with Gasteiger partial charge in [-0.05, 0) is 50.8 Å². The van der Waals surface area contributed by atoms with Crippen molar-refractivity contribution >= 4 is 31.9 Å². The van der Waals surface area contributed by atoms with E-state index < -0.39 is 10.0 Å². The first kappa shape index (κ1) is 16.5. The van der Waals surface area contributed by atoms with Crippen LogP contribution in [0.2, 0.25) is 0 Å². The zero-order valence-corrected chi connectivity index (χ0v) is 14.4. The van der Waals surface area contributed by atoms with Crippen molar-refractivity contribution in [3.8, 4) is 0 Å². The largest absolute Gasteiger partial charge is 0.336 e. The molecule has 0 spiro atoms. The van der Waals surface area contributed by atoms with Gasteiger partial charge < -0.3 is 4.90 Å². The van der Waals surface area contributed by atoms with Crippen LogP contribution in [0.25, 0.3) is 0 Å². The molecule has 1 aromatic carbocycles. The number of amides is 1. The SMILES string of the molecule is CC(C)N(CC1CC1)C(=O)c1cc(Br)cc(S(N)(=O)=O)c1. The number of halogens is 1. The van der Waals surface area contributed by atoms with Gasteiger partial charge in [0, 0.05) is 22.6 Å². The first-order valence-electron chi connectivity index (χ1n) is 6.83. The van der Waals surface area contributed by atoms with E-state index in [2.05, 4.69) is 15.9 Å². The summed E-state index contributed by atoms with van der Waals surface area (Å²) in [4.78, 5) is 14.4. The van der Waals surface area contributed by atoms with Gasteiger partial charge in [0.15, 0.2) is 0 Å². The molecule has 1 aliphatic carbocycles. The number of hydrogen-bond donors (Lipinski definition) is 1. The molecule has 7 heteroatoms. The second kappa shape index (κ2) is 6.06. The molecule has 0 radical (unpaired) electrons. The molecule has 1 fully saturated rings. The Labute approximate surface area is 133 Å². The van der Waals surface area contributed by atoms with E-state index in [1.165, 1.54) is 12.1 Å². The summed E-state index contributed by atoms with van der Waals surface area (Å²) < 4.78 is 23.5. The lowest BCUT2D eigenvalue weighted by Gasteiger charge is -2.27. The van der Waals surface area contributed by atoms with E-state index in [9.17, 15) is 13.2 Å². The van der Waals surface area contributed by atoms with Crippen molar-refractivity contribution < 1.29 is 13.2 Å². The molecule has 5 nitrogen and oxygen atoms in total. The first-order chi connectivity index (χ1) is 9.68. The second-order valence-corrected chi connectivity index (χ2v) is 8.19. The van der Waals surface area contributed by atoms with Crippen LogP contribution in [0.3, 0.4) is 0 Å². The molecule has 1 saturated carbocycles. The van der Waals surface area contributed by atoms with Gasteiger partial charge in [0.1, 0.15) is 0 Å². The summed E-state index contributed by atoms with van der Waals surface area (Å²) >= 11 is 3.23. The summed E-state index contributed by atoms with van der Waals surface area (Å²) in [6.07, 6.45) is 2.30. The van der Waals surface area contributed by atoms with Crippen molar-refractivity contribution in [3.05, 3.63) is 28.2 Å². The van der Waals surface area contributed by atoms with E-state index in [0.717, 1.165) is 12.8 Å². The van der Waals surface area contributed by atoms with E-state index in [1.807, 2.05) is 13.8 Å². The third-order valence-electron chi connectivity index (χ3n) is 3.48. The normalized spacial score (nSPS) is 15.3. The molecule has 21 heavy (non-hydrogen) atoms. The van der Waals surface area contributed by atoms with Crippen LogP contribution in [0, 0.1) is 5.92 Å². The van der Waals surface area contributed by atoms with E-state index in [-0.39, 0.29) is 16.8 Å². The van der Waals surface area contributed by atoms with Crippen molar-refractivity contribution in [2.24, 2.45) is 11.1 Å². The monoisotopic (exact) mass is 374 g/mol. The van der Waals surface area contributed by atoms with Crippen LogP contribution in [-0.2, 0) is 10.0 Å². The van der Waals surface area contributed by atoms with Crippen LogP contribution < -0.4 is 5.14 Å². The van der Waals surface area contributed by atoms with Crippen LogP contribution in [0.1, 0.15) is 37.0 Å². The van der Waals surface area contributed by atoms with Gasteiger partial charge in [0.2, 0.25) is 10.0 Å². The minimum atomic E-state index is -3.84. The number of primary sulfonamides is 1. The van der Waals surface area contributed by atoms with E-state index in [0.29, 0.717) is 22.5 Å². The fourth-order valence-corrected chi connectivity index (χ4v) is 3.35. The minimum absolute atomic E-state index is 0.0599. The number of rotatable bonds is 5. The number of carbonyl (C=O) groups excluding carboxylic acids is 1. The quantitative estimate of drug-likeness (QED) is 0.858. The van der Waals surface area contributed by atoms with E-state index in [1.54, 1.807) is 11.0 Å². The van der Waals surface area contributed by atoms with Crippen molar-refractivity contribution in [3.63, 3.8) is 0 Å². The summed E-state index contributed by atoms with van der Waals surface area (Å²) in [6, 6.07) is 4.42. The molecular formula is C14H19BrN2O3S. The van der Waals surface area contributed by atoms with Gasteiger partial charge in [-0.25, -0.2) is 13.6 Å². The number of nitrogens with two attached hydrogens (primary N) is 1.